The van der Waals surface area contributed by atoms with Crippen molar-refractivity contribution >= 4 is 17.9 Å². The van der Waals surface area contributed by atoms with Gasteiger partial charge < -0.3 is 19.5 Å². The monoisotopic (exact) mass is 308 g/mol. The summed E-state index contributed by atoms with van der Waals surface area (Å²) in [6.07, 6.45) is -1.55. The summed E-state index contributed by atoms with van der Waals surface area (Å²) in [5, 5.41) is 4.19. The van der Waals surface area contributed by atoms with Crippen LogP contribution in [-0.4, -0.2) is 43.8 Å². The van der Waals surface area contributed by atoms with Crippen molar-refractivity contribution < 1.29 is 28.6 Å². The van der Waals surface area contributed by atoms with Crippen LogP contribution < -0.4 is 20.1 Å². The third-order valence-corrected chi connectivity index (χ3v) is 2.90. The van der Waals surface area contributed by atoms with Gasteiger partial charge in [-0.1, -0.05) is 12.1 Å². The molecule has 3 amide bonds. The first-order valence-electron chi connectivity index (χ1n) is 6.62. The molecule has 0 radical (unpaired) electrons. The summed E-state index contributed by atoms with van der Waals surface area (Å²) >= 11 is 0. The van der Waals surface area contributed by atoms with Gasteiger partial charge in [-0.25, -0.2) is 9.59 Å². The van der Waals surface area contributed by atoms with Crippen LogP contribution in [0.2, 0.25) is 0 Å². The number of para-hydroxylation sites is 2. The van der Waals surface area contributed by atoms with E-state index in [0.29, 0.717) is 11.5 Å². The van der Waals surface area contributed by atoms with E-state index in [1.165, 1.54) is 7.05 Å². The zero-order valence-corrected chi connectivity index (χ0v) is 12.1. The van der Waals surface area contributed by atoms with Crippen LogP contribution in [0.3, 0.4) is 0 Å². The maximum atomic E-state index is 12.0. The molecule has 1 heterocycles. The van der Waals surface area contributed by atoms with Gasteiger partial charge in [-0.2, -0.15) is 0 Å². The van der Waals surface area contributed by atoms with Gasteiger partial charge in [-0.15, -0.1) is 0 Å². The van der Waals surface area contributed by atoms with Crippen LogP contribution in [-0.2, 0) is 14.3 Å². The Morgan fingerprint density at radius 1 is 1.18 bits per heavy atom. The molecule has 1 aromatic carbocycles. The molecule has 118 valence electrons. The fourth-order valence-electron chi connectivity index (χ4n) is 1.82. The first-order valence-corrected chi connectivity index (χ1v) is 6.62. The zero-order chi connectivity index (χ0) is 16.1. The minimum atomic E-state index is -0.984. The Balaban J connectivity index is 1.90. The molecule has 0 aliphatic carbocycles. The Morgan fingerprint density at radius 2 is 1.82 bits per heavy atom. The fourth-order valence-corrected chi connectivity index (χ4v) is 1.82. The molecule has 8 heteroatoms. The number of carbonyl (C=O) groups excluding carboxylic acids is 3. The molecule has 2 atom stereocenters. The Labute approximate surface area is 126 Å². The predicted molar refractivity (Wildman–Crippen MR) is 74.5 cm³/mol. The zero-order valence-electron chi connectivity index (χ0n) is 12.1. The standard InChI is InChI=1S/C14H16N2O6/c1-8-12(22-10-6-4-3-5-9(10)21-8)13(18)20-7-11(17)16-14(19)15-2/h3-6,8,12H,7H2,1-2H3,(H2,15,16,17,19). The Hall–Kier alpha value is -2.77. The first kappa shape index (κ1) is 15.6. The van der Waals surface area contributed by atoms with Gasteiger partial charge in [0, 0.05) is 7.05 Å². The van der Waals surface area contributed by atoms with E-state index in [9.17, 15) is 14.4 Å². The number of ether oxygens (including phenoxy) is 3. The Bertz CT molecular complexity index is 588. The highest BCUT2D eigenvalue weighted by Crippen LogP contribution is 2.33. The molecule has 1 aliphatic rings. The molecule has 2 unspecified atom stereocenters. The number of benzene rings is 1. The van der Waals surface area contributed by atoms with Crippen molar-refractivity contribution in [2.45, 2.75) is 19.1 Å². The number of hydrogen-bond donors (Lipinski definition) is 2. The SMILES string of the molecule is CNC(=O)NC(=O)COC(=O)C1Oc2ccccc2OC1C. The van der Waals surface area contributed by atoms with Crippen LogP contribution in [0.25, 0.3) is 0 Å². The third-order valence-electron chi connectivity index (χ3n) is 2.90. The molecular weight excluding hydrogens is 292 g/mol. The normalized spacial score (nSPS) is 19.0. The average Bonchev–Trinajstić information content (AvgIpc) is 2.51. The maximum Gasteiger partial charge on any atom is 0.351 e. The summed E-state index contributed by atoms with van der Waals surface area (Å²) in [5.41, 5.74) is 0. The summed E-state index contributed by atoms with van der Waals surface area (Å²) in [7, 11) is 1.36. The number of hydrogen-bond acceptors (Lipinski definition) is 6. The quantitative estimate of drug-likeness (QED) is 0.774. The van der Waals surface area contributed by atoms with Crippen molar-refractivity contribution in [1.82, 2.24) is 10.6 Å². The van der Waals surface area contributed by atoms with E-state index >= 15 is 0 Å². The number of rotatable bonds is 3. The summed E-state index contributed by atoms with van der Waals surface area (Å²) in [5.74, 6) is -0.514. The van der Waals surface area contributed by atoms with Crippen molar-refractivity contribution in [2.75, 3.05) is 13.7 Å². The molecule has 22 heavy (non-hydrogen) atoms. The summed E-state index contributed by atoms with van der Waals surface area (Å²) in [6, 6.07) is 6.25. The van der Waals surface area contributed by atoms with Gasteiger partial charge in [0.15, 0.2) is 18.1 Å². The minimum Gasteiger partial charge on any atom is -0.482 e. The van der Waals surface area contributed by atoms with Crippen LogP contribution in [0.4, 0.5) is 4.79 Å². The number of urea groups is 1. The van der Waals surface area contributed by atoms with E-state index < -0.39 is 36.7 Å². The largest absolute Gasteiger partial charge is 0.482 e. The molecule has 0 fully saturated rings. The highest BCUT2D eigenvalue weighted by Gasteiger charge is 2.35. The lowest BCUT2D eigenvalue weighted by atomic mass is 10.2. The van der Waals surface area contributed by atoms with E-state index in [-0.39, 0.29) is 0 Å². The van der Waals surface area contributed by atoms with Gasteiger partial charge >= 0.3 is 12.0 Å². The van der Waals surface area contributed by atoms with Gasteiger partial charge in [-0.05, 0) is 19.1 Å². The second-order valence-electron chi connectivity index (χ2n) is 4.54. The van der Waals surface area contributed by atoms with Gasteiger partial charge in [-0.3, -0.25) is 10.1 Å². The van der Waals surface area contributed by atoms with Crippen LogP contribution in [0.15, 0.2) is 24.3 Å². The predicted octanol–water partition coefficient (Wildman–Crippen LogP) is 0.214. The second kappa shape index (κ2) is 6.79. The second-order valence-corrected chi connectivity index (χ2v) is 4.54. The number of fused-ring (bicyclic) bond motifs is 1. The van der Waals surface area contributed by atoms with Crippen LogP contribution in [0.1, 0.15) is 6.92 Å². The number of imide groups is 1. The number of carbonyl (C=O) groups is 3. The van der Waals surface area contributed by atoms with Gasteiger partial charge in [0.05, 0.1) is 0 Å². The molecule has 0 bridgehead atoms. The van der Waals surface area contributed by atoms with Crippen molar-refractivity contribution in [1.29, 1.82) is 0 Å². The van der Waals surface area contributed by atoms with Gasteiger partial charge in [0.2, 0.25) is 6.10 Å². The molecular formula is C14H16N2O6. The molecule has 0 saturated heterocycles. The molecule has 2 rings (SSSR count). The summed E-state index contributed by atoms with van der Waals surface area (Å²) in [6.45, 7) is 1.08. The molecule has 0 saturated carbocycles. The first-order chi connectivity index (χ1) is 10.5. The average molecular weight is 308 g/mol. The highest BCUT2D eigenvalue weighted by molar-refractivity contribution is 5.95. The smallest absolute Gasteiger partial charge is 0.351 e. The lowest BCUT2D eigenvalue weighted by Crippen LogP contribution is -2.46. The van der Waals surface area contributed by atoms with Gasteiger partial charge in [0.1, 0.15) is 6.10 Å². The lowest BCUT2D eigenvalue weighted by Gasteiger charge is -2.30. The van der Waals surface area contributed by atoms with E-state index in [1.807, 2.05) is 5.32 Å². The number of nitrogens with one attached hydrogen (secondary N) is 2. The van der Waals surface area contributed by atoms with Crippen molar-refractivity contribution in [3.8, 4) is 11.5 Å². The van der Waals surface area contributed by atoms with Crippen molar-refractivity contribution in [2.24, 2.45) is 0 Å². The molecule has 8 nitrogen and oxygen atoms in total. The lowest BCUT2D eigenvalue weighted by molar-refractivity contribution is -0.160. The maximum absolute atomic E-state index is 12.0. The Morgan fingerprint density at radius 3 is 2.45 bits per heavy atom. The van der Waals surface area contributed by atoms with Crippen LogP contribution in [0, 0.1) is 0 Å². The summed E-state index contributed by atoms with van der Waals surface area (Å²) in [4.78, 5) is 34.3. The molecule has 0 spiro atoms. The fraction of sp³-hybridized carbons (Fsp3) is 0.357. The van der Waals surface area contributed by atoms with E-state index in [0.717, 1.165) is 0 Å². The molecule has 1 aromatic rings. The van der Waals surface area contributed by atoms with E-state index in [2.05, 4.69) is 5.32 Å². The van der Waals surface area contributed by atoms with Gasteiger partial charge in [0.25, 0.3) is 5.91 Å². The van der Waals surface area contributed by atoms with Crippen molar-refractivity contribution in [3.05, 3.63) is 24.3 Å². The number of amides is 3. The van der Waals surface area contributed by atoms with Crippen molar-refractivity contribution in [3.63, 3.8) is 0 Å². The molecule has 2 N–H and O–H groups in total. The summed E-state index contributed by atoms with van der Waals surface area (Å²) < 4.78 is 15.9. The van der Waals surface area contributed by atoms with E-state index in [1.54, 1.807) is 31.2 Å². The van der Waals surface area contributed by atoms with Crippen LogP contribution in [0.5, 0.6) is 11.5 Å². The minimum absolute atomic E-state index is 0.428. The highest BCUT2D eigenvalue weighted by atomic mass is 16.6. The topological polar surface area (TPSA) is 103 Å². The van der Waals surface area contributed by atoms with Crippen LogP contribution >= 0.6 is 0 Å². The van der Waals surface area contributed by atoms with E-state index in [4.69, 9.17) is 14.2 Å². The third kappa shape index (κ3) is 3.66. The number of esters is 1. The Kier molecular flexibility index (Phi) is 4.82. The molecule has 0 aromatic heterocycles. The molecule has 1 aliphatic heterocycles.